The fraction of sp³-hybridized carbons (Fsp3) is 0.500. The van der Waals surface area contributed by atoms with Gasteiger partial charge in [0, 0.05) is 18.4 Å². The second-order valence-corrected chi connectivity index (χ2v) is 7.72. The van der Waals surface area contributed by atoms with Gasteiger partial charge in [0.2, 0.25) is 0 Å². The van der Waals surface area contributed by atoms with Gasteiger partial charge in [-0.1, -0.05) is 30.9 Å². The summed E-state index contributed by atoms with van der Waals surface area (Å²) >= 11 is 0. The van der Waals surface area contributed by atoms with Crippen LogP contribution >= 0.6 is 0 Å². The van der Waals surface area contributed by atoms with E-state index in [-0.39, 0.29) is 29.6 Å². The Bertz CT molecular complexity index is 834. The molecule has 0 aromatic rings. The van der Waals surface area contributed by atoms with Crippen LogP contribution in [0.5, 0.6) is 0 Å². The lowest BCUT2D eigenvalue weighted by Gasteiger charge is -2.29. The molecule has 3 aliphatic rings. The number of hydrogen-bond donors (Lipinski definition) is 1. The highest BCUT2D eigenvalue weighted by molar-refractivity contribution is 5.92. The first-order chi connectivity index (χ1) is 13.7. The number of fused-ring (bicyclic) bond motifs is 3. The Balaban J connectivity index is 1.92. The van der Waals surface area contributed by atoms with E-state index in [0.717, 1.165) is 5.57 Å². The minimum atomic E-state index is -1.18. The number of carbonyl (C=O) groups is 3. The van der Waals surface area contributed by atoms with Crippen LogP contribution in [0.4, 0.5) is 0 Å². The number of rotatable bonds is 4. The molecule has 29 heavy (non-hydrogen) atoms. The molecule has 7 heteroatoms. The van der Waals surface area contributed by atoms with Crippen molar-refractivity contribution >= 4 is 17.9 Å². The SMILES string of the molecule is C=C1C(=O)O[C@H]2[C@H]1[C@H](OC(=O)/C(=C/C)COC(C)=O)[C@H](O)C(=C)[C@@H]1CC=C(C)[C@H]21. The molecule has 1 aliphatic heterocycles. The summed E-state index contributed by atoms with van der Waals surface area (Å²) in [7, 11) is 0. The van der Waals surface area contributed by atoms with Crippen LogP contribution in [0.3, 0.4) is 0 Å². The van der Waals surface area contributed by atoms with Crippen molar-refractivity contribution in [2.45, 2.75) is 45.5 Å². The van der Waals surface area contributed by atoms with Gasteiger partial charge in [0.15, 0.2) is 0 Å². The van der Waals surface area contributed by atoms with Crippen LogP contribution in [0.2, 0.25) is 0 Å². The summed E-state index contributed by atoms with van der Waals surface area (Å²) in [5.74, 6) is -2.76. The quantitative estimate of drug-likeness (QED) is 0.332. The largest absolute Gasteiger partial charge is 0.461 e. The van der Waals surface area contributed by atoms with Gasteiger partial charge in [-0.2, -0.15) is 0 Å². The van der Waals surface area contributed by atoms with Gasteiger partial charge >= 0.3 is 17.9 Å². The summed E-state index contributed by atoms with van der Waals surface area (Å²) in [6.07, 6.45) is 1.36. The molecule has 0 bridgehead atoms. The van der Waals surface area contributed by atoms with Crippen molar-refractivity contribution < 1.29 is 33.7 Å². The van der Waals surface area contributed by atoms with E-state index in [1.807, 2.05) is 6.92 Å². The molecule has 0 unspecified atom stereocenters. The molecule has 2 aliphatic carbocycles. The van der Waals surface area contributed by atoms with Crippen LogP contribution in [-0.2, 0) is 28.6 Å². The van der Waals surface area contributed by atoms with Crippen molar-refractivity contribution in [2.75, 3.05) is 6.61 Å². The van der Waals surface area contributed by atoms with E-state index in [0.29, 0.717) is 12.0 Å². The van der Waals surface area contributed by atoms with Crippen LogP contribution in [-0.4, -0.2) is 47.9 Å². The lowest BCUT2D eigenvalue weighted by Crippen LogP contribution is -2.42. The molecule has 6 atom stereocenters. The third-order valence-corrected chi connectivity index (χ3v) is 6.07. The van der Waals surface area contributed by atoms with E-state index >= 15 is 0 Å². The number of carbonyl (C=O) groups excluding carboxylic acids is 3. The van der Waals surface area contributed by atoms with E-state index in [1.165, 1.54) is 13.0 Å². The topological polar surface area (TPSA) is 99.1 Å². The molecule has 0 spiro atoms. The van der Waals surface area contributed by atoms with Crippen LogP contribution < -0.4 is 0 Å². The zero-order valence-electron chi connectivity index (χ0n) is 16.8. The normalized spacial score (nSPS) is 34.0. The summed E-state index contributed by atoms with van der Waals surface area (Å²) in [5.41, 5.74) is 1.89. The van der Waals surface area contributed by atoms with Crippen LogP contribution in [0, 0.1) is 17.8 Å². The highest BCUT2D eigenvalue weighted by atomic mass is 16.6. The average molecular weight is 402 g/mol. The minimum absolute atomic E-state index is 0.109. The third-order valence-electron chi connectivity index (χ3n) is 6.07. The fourth-order valence-electron chi connectivity index (χ4n) is 4.48. The van der Waals surface area contributed by atoms with Crippen molar-refractivity contribution in [2.24, 2.45) is 17.8 Å². The molecule has 156 valence electrons. The molecule has 0 aromatic carbocycles. The molecule has 7 nitrogen and oxygen atoms in total. The second kappa shape index (κ2) is 7.99. The zero-order valence-corrected chi connectivity index (χ0v) is 16.8. The van der Waals surface area contributed by atoms with Crippen LogP contribution in [0.25, 0.3) is 0 Å². The van der Waals surface area contributed by atoms with Crippen LogP contribution in [0.1, 0.15) is 27.2 Å². The molecule has 1 saturated carbocycles. The zero-order chi connectivity index (χ0) is 21.5. The molecule has 0 aromatic heterocycles. The maximum atomic E-state index is 12.7. The van der Waals surface area contributed by atoms with Crippen molar-refractivity contribution in [3.8, 4) is 0 Å². The number of ether oxygens (including phenoxy) is 3. The average Bonchev–Trinajstić information content (AvgIpc) is 3.16. The van der Waals surface area contributed by atoms with Gasteiger partial charge < -0.3 is 19.3 Å². The number of hydrogen-bond acceptors (Lipinski definition) is 7. The summed E-state index contributed by atoms with van der Waals surface area (Å²) in [4.78, 5) is 36.1. The predicted molar refractivity (Wildman–Crippen MR) is 103 cm³/mol. The number of allylic oxidation sites excluding steroid dienone is 2. The number of aliphatic hydroxyl groups excluding tert-OH is 1. The first-order valence-electron chi connectivity index (χ1n) is 9.60. The molecule has 0 amide bonds. The van der Waals surface area contributed by atoms with Crippen LogP contribution in [0.15, 0.2) is 47.6 Å². The minimum Gasteiger partial charge on any atom is -0.461 e. The molecular formula is C22H26O7. The van der Waals surface area contributed by atoms with E-state index in [2.05, 4.69) is 19.2 Å². The highest BCUT2D eigenvalue weighted by Gasteiger charge is 2.57. The number of esters is 3. The Morgan fingerprint density at radius 3 is 2.66 bits per heavy atom. The Morgan fingerprint density at radius 1 is 1.34 bits per heavy atom. The summed E-state index contributed by atoms with van der Waals surface area (Å²) in [5, 5.41) is 11.0. The monoisotopic (exact) mass is 402 g/mol. The Kier molecular flexibility index (Phi) is 5.80. The van der Waals surface area contributed by atoms with Gasteiger partial charge in [-0.25, -0.2) is 9.59 Å². The summed E-state index contributed by atoms with van der Waals surface area (Å²) in [6, 6.07) is 0. The molecule has 1 heterocycles. The third kappa shape index (κ3) is 3.67. The Labute approximate surface area is 169 Å². The lowest BCUT2D eigenvalue weighted by molar-refractivity contribution is -0.155. The summed E-state index contributed by atoms with van der Waals surface area (Å²) < 4.78 is 16.1. The van der Waals surface area contributed by atoms with E-state index in [9.17, 15) is 19.5 Å². The molecular weight excluding hydrogens is 376 g/mol. The first kappa shape index (κ1) is 21.0. The van der Waals surface area contributed by atoms with Crippen molar-refractivity contribution in [1.29, 1.82) is 0 Å². The lowest BCUT2D eigenvalue weighted by atomic mass is 9.80. The van der Waals surface area contributed by atoms with Crippen molar-refractivity contribution in [3.63, 3.8) is 0 Å². The highest BCUT2D eigenvalue weighted by Crippen LogP contribution is 2.51. The summed E-state index contributed by atoms with van der Waals surface area (Å²) in [6.45, 7) is 12.5. The second-order valence-electron chi connectivity index (χ2n) is 7.72. The van der Waals surface area contributed by atoms with Gasteiger partial charge in [-0.05, 0) is 31.8 Å². The van der Waals surface area contributed by atoms with Crippen molar-refractivity contribution in [3.05, 3.63) is 47.6 Å². The van der Waals surface area contributed by atoms with Gasteiger partial charge in [-0.15, -0.1) is 0 Å². The Morgan fingerprint density at radius 2 is 2.03 bits per heavy atom. The standard InChI is InChI=1S/C22H26O7/c1-6-14(9-27-13(5)23)22(26)29-20-17-12(4)21(25)28-19(17)16-10(2)7-8-15(16)11(3)18(20)24/h6-7,15-20,24H,3-4,8-9H2,1-2,5H3/b14-6+/t15-,16-,17-,18+,19+,20-/m0/s1. The van der Waals surface area contributed by atoms with E-state index < -0.39 is 42.1 Å². The van der Waals surface area contributed by atoms with Gasteiger partial charge in [-0.3, -0.25) is 4.79 Å². The molecule has 1 saturated heterocycles. The fourth-order valence-corrected chi connectivity index (χ4v) is 4.48. The predicted octanol–water partition coefficient (Wildman–Crippen LogP) is 2.02. The van der Waals surface area contributed by atoms with Gasteiger partial charge in [0.1, 0.15) is 24.9 Å². The smallest absolute Gasteiger partial charge is 0.337 e. The van der Waals surface area contributed by atoms with Gasteiger partial charge in [0.25, 0.3) is 0 Å². The maximum Gasteiger partial charge on any atom is 0.337 e. The number of aliphatic hydroxyl groups is 1. The Hall–Kier alpha value is -2.67. The molecule has 2 fully saturated rings. The molecule has 1 N–H and O–H groups in total. The van der Waals surface area contributed by atoms with Gasteiger partial charge in [0.05, 0.1) is 11.5 Å². The van der Waals surface area contributed by atoms with Crippen molar-refractivity contribution in [1.82, 2.24) is 0 Å². The van der Waals surface area contributed by atoms with E-state index in [1.54, 1.807) is 6.92 Å². The maximum absolute atomic E-state index is 12.7. The van der Waals surface area contributed by atoms with E-state index in [4.69, 9.17) is 14.2 Å². The molecule has 0 radical (unpaired) electrons. The molecule has 3 rings (SSSR count). The first-order valence-corrected chi connectivity index (χ1v) is 9.60.